The summed E-state index contributed by atoms with van der Waals surface area (Å²) < 4.78 is 5.40. The number of rotatable bonds is 2. The smallest absolute Gasteiger partial charge is 0.247 e. The lowest BCUT2D eigenvalue weighted by molar-refractivity contribution is 0.183. The van der Waals surface area contributed by atoms with Gasteiger partial charge in [-0.3, -0.25) is 4.98 Å². The van der Waals surface area contributed by atoms with Crippen LogP contribution in [0.15, 0.2) is 29.0 Å². The van der Waals surface area contributed by atoms with Crippen LogP contribution in [0.25, 0.3) is 11.4 Å². The van der Waals surface area contributed by atoms with Crippen molar-refractivity contribution in [1.29, 1.82) is 0 Å². The van der Waals surface area contributed by atoms with E-state index in [4.69, 9.17) is 10.3 Å². The zero-order valence-electron chi connectivity index (χ0n) is 11.0. The number of hydrogen-bond donors (Lipinski definition) is 1. The molecular formula is C14H18N4O. The highest BCUT2D eigenvalue weighted by atomic mass is 16.5. The van der Waals surface area contributed by atoms with Crippen LogP contribution in [0.2, 0.25) is 0 Å². The van der Waals surface area contributed by atoms with Crippen LogP contribution < -0.4 is 5.73 Å². The summed E-state index contributed by atoms with van der Waals surface area (Å²) in [6.45, 7) is 2.22. The Bertz CT molecular complexity index is 554. The second kappa shape index (κ2) is 4.74. The Labute approximate surface area is 112 Å². The summed E-state index contributed by atoms with van der Waals surface area (Å²) in [5, 5.41) is 4.04. The van der Waals surface area contributed by atoms with Gasteiger partial charge in [0.2, 0.25) is 11.7 Å². The average molecular weight is 258 g/mol. The Balaban J connectivity index is 1.89. The third-order valence-electron chi connectivity index (χ3n) is 3.82. The molecule has 1 fully saturated rings. The van der Waals surface area contributed by atoms with Gasteiger partial charge in [-0.1, -0.05) is 24.9 Å². The van der Waals surface area contributed by atoms with E-state index in [1.165, 1.54) is 6.42 Å². The third-order valence-corrected chi connectivity index (χ3v) is 3.82. The largest absolute Gasteiger partial charge is 0.337 e. The summed E-state index contributed by atoms with van der Waals surface area (Å²) in [5.41, 5.74) is 6.89. The Hall–Kier alpha value is -1.75. The fourth-order valence-electron chi connectivity index (χ4n) is 2.83. The first-order valence-electron chi connectivity index (χ1n) is 6.71. The van der Waals surface area contributed by atoms with Crippen molar-refractivity contribution in [3.8, 4) is 11.4 Å². The van der Waals surface area contributed by atoms with E-state index in [2.05, 4.69) is 22.0 Å². The van der Waals surface area contributed by atoms with Crippen LogP contribution in [0.4, 0.5) is 0 Å². The van der Waals surface area contributed by atoms with Crippen LogP contribution in [0.5, 0.6) is 0 Å². The molecule has 0 aromatic carbocycles. The van der Waals surface area contributed by atoms with Gasteiger partial charge < -0.3 is 10.3 Å². The van der Waals surface area contributed by atoms with Gasteiger partial charge in [0, 0.05) is 18.0 Å². The van der Waals surface area contributed by atoms with E-state index >= 15 is 0 Å². The minimum Gasteiger partial charge on any atom is -0.337 e. The second-order valence-corrected chi connectivity index (χ2v) is 5.52. The van der Waals surface area contributed by atoms with Gasteiger partial charge in [-0.25, -0.2) is 0 Å². The zero-order chi connectivity index (χ0) is 13.3. The molecule has 5 nitrogen and oxygen atoms in total. The van der Waals surface area contributed by atoms with E-state index in [0.717, 1.165) is 24.8 Å². The zero-order valence-corrected chi connectivity index (χ0v) is 11.0. The van der Waals surface area contributed by atoms with Gasteiger partial charge >= 0.3 is 0 Å². The summed E-state index contributed by atoms with van der Waals surface area (Å²) in [7, 11) is 0. The Morgan fingerprint density at radius 1 is 1.37 bits per heavy atom. The lowest BCUT2D eigenvalue weighted by Gasteiger charge is -2.33. The molecule has 100 valence electrons. The average Bonchev–Trinajstić information content (AvgIpc) is 2.90. The van der Waals surface area contributed by atoms with Crippen molar-refractivity contribution in [2.24, 2.45) is 11.7 Å². The molecule has 0 bridgehead atoms. The van der Waals surface area contributed by atoms with Gasteiger partial charge in [0.05, 0.1) is 5.54 Å². The summed E-state index contributed by atoms with van der Waals surface area (Å²) in [4.78, 5) is 8.46. The number of pyridine rings is 1. The molecule has 2 aromatic heterocycles. The van der Waals surface area contributed by atoms with Crippen LogP contribution in [-0.4, -0.2) is 15.1 Å². The van der Waals surface area contributed by atoms with Gasteiger partial charge in [-0.2, -0.15) is 4.98 Å². The van der Waals surface area contributed by atoms with Crippen LogP contribution in [0.3, 0.4) is 0 Å². The summed E-state index contributed by atoms with van der Waals surface area (Å²) >= 11 is 0. The molecule has 1 aliphatic rings. The molecule has 0 radical (unpaired) electrons. The minimum absolute atomic E-state index is 0.462. The highest BCUT2D eigenvalue weighted by Gasteiger charge is 2.37. The van der Waals surface area contributed by atoms with E-state index in [9.17, 15) is 0 Å². The topological polar surface area (TPSA) is 77.8 Å². The molecule has 19 heavy (non-hydrogen) atoms. The molecule has 0 spiro atoms. The highest BCUT2D eigenvalue weighted by Crippen LogP contribution is 2.37. The molecule has 2 aromatic rings. The Morgan fingerprint density at radius 2 is 2.16 bits per heavy atom. The second-order valence-electron chi connectivity index (χ2n) is 5.52. The minimum atomic E-state index is -0.462. The lowest BCUT2D eigenvalue weighted by atomic mass is 9.77. The van der Waals surface area contributed by atoms with E-state index in [0.29, 0.717) is 17.6 Å². The molecule has 2 unspecified atom stereocenters. The Kier molecular flexibility index (Phi) is 3.06. The molecule has 2 atom stereocenters. The number of hydrogen-bond acceptors (Lipinski definition) is 5. The van der Waals surface area contributed by atoms with Crippen molar-refractivity contribution in [2.45, 2.75) is 38.1 Å². The predicted molar refractivity (Wildman–Crippen MR) is 71.0 cm³/mol. The monoisotopic (exact) mass is 258 g/mol. The lowest BCUT2D eigenvalue weighted by Crippen LogP contribution is -2.41. The maximum Gasteiger partial charge on any atom is 0.247 e. The van der Waals surface area contributed by atoms with Crippen molar-refractivity contribution in [3.63, 3.8) is 0 Å². The molecule has 5 heteroatoms. The highest BCUT2D eigenvalue weighted by molar-refractivity contribution is 5.52. The summed E-state index contributed by atoms with van der Waals surface area (Å²) in [6.07, 6.45) is 7.59. The maximum absolute atomic E-state index is 6.45. The standard InChI is InChI=1S/C14H18N4O/c1-10-3-2-6-14(15,9-10)13-17-12(18-19-13)11-4-7-16-8-5-11/h4-5,7-8,10H,2-3,6,9,15H2,1H3. The van der Waals surface area contributed by atoms with Crippen molar-refractivity contribution in [3.05, 3.63) is 30.4 Å². The van der Waals surface area contributed by atoms with Crippen LogP contribution in [0, 0.1) is 5.92 Å². The third kappa shape index (κ3) is 2.38. The van der Waals surface area contributed by atoms with Crippen LogP contribution in [-0.2, 0) is 5.54 Å². The number of nitrogens with zero attached hydrogens (tertiary/aromatic N) is 3. The summed E-state index contributed by atoms with van der Waals surface area (Å²) in [5.74, 6) is 1.75. The first kappa shape index (κ1) is 12.3. The van der Waals surface area contributed by atoms with Crippen LogP contribution in [0.1, 0.15) is 38.5 Å². The number of aromatic nitrogens is 3. The normalized spacial score (nSPS) is 27.4. The molecule has 2 heterocycles. The molecule has 0 saturated heterocycles. The van der Waals surface area contributed by atoms with Crippen LogP contribution >= 0.6 is 0 Å². The van der Waals surface area contributed by atoms with Gasteiger partial charge in [-0.15, -0.1) is 0 Å². The fourth-order valence-corrected chi connectivity index (χ4v) is 2.83. The SMILES string of the molecule is CC1CCCC(N)(c2nc(-c3ccncc3)no2)C1. The van der Waals surface area contributed by atoms with Gasteiger partial charge in [0.15, 0.2) is 0 Å². The van der Waals surface area contributed by atoms with Crippen molar-refractivity contribution < 1.29 is 4.52 Å². The molecule has 1 saturated carbocycles. The van der Waals surface area contributed by atoms with E-state index in [1.807, 2.05) is 12.1 Å². The van der Waals surface area contributed by atoms with Crippen molar-refractivity contribution >= 4 is 0 Å². The molecule has 2 N–H and O–H groups in total. The van der Waals surface area contributed by atoms with E-state index in [-0.39, 0.29) is 0 Å². The fraction of sp³-hybridized carbons (Fsp3) is 0.500. The first-order chi connectivity index (χ1) is 9.17. The van der Waals surface area contributed by atoms with Crippen molar-refractivity contribution in [1.82, 2.24) is 15.1 Å². The quantitative estimate of drug-likeness (QED) is 0.895. The van der Waals surface area contributed by atoms with Gasteiger partial charge in [-0.05, 0) is 30.9 Å². The van der Waals surface area contributed by atoms with Gasteiger partial charge in [0.1, 0.15) is 0 Å². The number of nitrogens with two attached hydrogens (primary N) is 1. The molecule has 3 rings (SSSR count). The predicted octanol–water partition coefficient (Wildman–Crippen LogP) is 2.50. The first-order valence-corrected chi connectivity index (χ1v) is 6.71. The summed E-state index contributed by atoms with van der Waals surface area (Å²) in [6, 6.07) is 3.72. The molecule has 0 amide bonds. The molecular weight excluding hydrogens is 240 g/mol. The maximum atomic E-state index is 6.45. The molecule has 1 aliphatic carbocycles. The van der Waals surface area contributed by atoms with Gasteiger partial charge in [0.25, 0.3) is 0 Å². The van der Waals surface area contributed by atoms with E-state index in [1.54, 1.807) is 12.4 Å². The molecule has 0 aliphatic heterocycles. The van der Waals surface area contributed by atoms with Crippen molar-refractivity contribution in [2.75, 3.05) is 0 Å². The Morgan fingerprint density at radius 3 is 2.89 bits per heavy atom. The van der Waals surface area contributed by atoms with E-state index < -0.39 is 5.54 Å².